The number of benzene rings is 1. The van der Waals surface area contributed by atoms with Crippen molar-refractivity contribution in [1.82, 2.24) is 24.9 Å². The third kappa shape index (κ3) is 4.37. The van der Waals surface area contributed by atoms with Gasteiger partial charge in [0.2, 0.25) is 11.8 Å². The second kappa shape index (κ2) is 8.87. The van der Waals surface area contributed by atoms with Gasteiger partial charge in [0.25, 0.3) is 5.91 Å². The summed E-state index contributed by atoms with van der Waals surface area (Å²) in [4.78, 5) is 45.8. The van der Waals surface area contributed by atoms with E-state index in [1.165, 1.54) is 24.0 Å². The standard InChI is InChI=1S/C29H35N5O3/c1-29(2)8-10-32(11-9-29)16-19-14-23(27-31(3)12-13-33(27)17-19)20-4-5-22-21(15-20)18-34(28(22)37)24-6-7-25(35)30-26(24)36/h4-5,12-15,17,24,27H,6-11,16,18H2,1-3H3,(H,30,35,36). The molecular formula is C29H35N5O3. The lowest BCUT2D eigenvalue weighted by molar-refractivity contribution is -0.136. The zero-order chi connectivity index (χ0) is 25.9. The summed E-state index contributed by atoms with van der Waals surface area (Å²) in [6.07, 6.45) is 11.9. The maximum absolute atomic E-state index is 13.2. The SMILES string of the molecule is CN1C=CN2C=C(CN3CCC(C)(C)CC3)C=C(c3ccc4c(c3)CN(C3CCC(=O)NC3=O)C4=O)C12. The molecule has 8 heteroatoms. The minimum Gasteiger partial charge on any atom is -0.355 e. The van der Waals surface area contributed by atoms with Gasteiger partial charge in [0.1, 0.15) is 12.2 Å². The van der Waals surface area contributed by atoms with Crippen LogP contribution in [0.3, 0.4) is 0 Å². The van der Waals surface area contributed by atoms with Crippen LogP contribution in [-0.2, 0) is 16.1 Å². The van der Waals surface area contributed by atoms with Crippen molar-refractivity contribution in [2.24, 2.45) is 5.41 Å². The molecule has 2 unspecified atom stereocenters. The van der Waals surface area contributed by atoms with Crippen molar-refractivity contribution in [3.8, 4) is 0 Å². The highest BCUT2D eigenvalue weighted by molar-refractivity contribution is 6.05. The fourth-order valence-corrected chi connectivity index (χ4v) is 6.20. The molecule has 0 radical (unpaired) electrons. The predicted octanol–water partition coefficient (Wildman–Crippen LogP) is 2.90. The Hall–Kier alpha value is -3.39. The molecule has 5 heterocycles. The highest BCUT2D eigenvalue weighted by Gasteiger charge is 2.40. The smallest absolute Gasteiger partial charge is 0.255 e. The number of likely N-dealkylation sites (N-methyl/N-ethyl adjacent to an activating group) is 1. The average molecular weight is 502 g/mol. The zero-order valence-electron chi connectivity index (χ0n) is 21.9. The molecule has 0 aliphatic carbocycles. The van der Waals surface area contributed by atoms with Crippen LogP contribution in [0.2, 0.25) is 0 Å². The van der Waals surface area contributed by atoms with Gasteiger partial charge in [-0.3, -0.25) is 24.6 Å². The van der Waals surface area contributed by atoms with E-state index < -0.39 is 6.04 Å². The number of rotatable bonds is 4. The van der Waals surface area contributed by atoms with E-state index in [9.17, 15) is 14.4 Å². The Morgan fingerprint density at radius 2 is 1.86 bits per heavy atom. The highest BCUT2D eigenvalue weighted by atomic mass is 16.2. The molecule has 0 saturated carbocycles. The Bertz CT molecular complexity index is 1250. The van der Waals surface area contributed by atoms with Crippen LogP contribution in [0, 0.1) is 5.41 Å². The lowest BCUT2D eigenvalue weighted by atomic mass is 9.82. The van der Waals surface area contributed by atoms with Gasteiger partial charge in [0.05, 0.1) is 0 Å². The number of piperidine rings is 2. The molecule has 0 spiro atoms. The first-order valence-corrected chi connectivity index (χ1v) is 13.3. The molecule has 2 fully saturated rings. The van der Waals surface area contributed by atoms with E-state index in [0.717, 1.165) is 30.8 Å². The molecule has 1 aromatic rings. The number of imide groups is 1. The number of nitrogens with one attached hydrogen (secondary N) is 1. The van der Waals surface area contributed by atoms with Crippen molar-refractivity contribution in [3.63, 3.8) is 0 Å². The molecule has 0 bridgehead atoms. The number of carbonyl (C=O) groups excluding carboxylic acids is 3. The van der Waals surface area contributed by atoms with Crippen LogP contribution in [0.4, 0.5) is 0 Å². The monoisotopic (exact) mass is 501 g/mol. The van der Waals surface area contributed by atoms with Gasteiger partial charge in [-0.05, 0) is 72.7 Å². The predicted molar refractivity (Wildman–Crippen MR) is 141 cm³/mol. The molecule has 8 nitrogen and oxygen atoms in total. The van der Waals surface area contributed by atoms with Crippen molar-refractivity contribution in [2.75, 3.05) is 26.7 Å². The molecule has 1 aromatic carbocycles. The van der Waals surface area contributed by atoms with Crippen molar-refractivity contribution >= 4 is 23.3 Å². The van der Waals surface area contributed by atoms with Gasteiger partial charge in [-0.2, -0.15) is 0 Å². The fourth-order valence-electron chi connectivity index (χ4n) is 6.20. The maximum atomic E-state index is 13.2. The second-order valence-corrected chi connectivity index (χ2v) is 11.8. The van der Waals surface area contributed by atoms with Crippen molar-refractivity contribution in [2.45, 2.75) is 58.3 Å². The van der Waals surface area contributed by atoms with E-state index in [-0.39, 0.29) is 30.3 Å². The maximum Gasteiger partial charge on any atom is 0.255 e. The van der Waals surface area contributed by atoms with Crippen LogP contribution in [0.5, 0.6) is 0 Å². The lowest BCUT2D eigenvalue weighted by Crippen LogP contribution is -2.52. The van der Waals surface area contributed by atoms with Gasteiger partial charge >= 0.3 is 0 Å². The first-order valence-electron chi connectivity index (χ1n) is 13.3. The highest BCUT2D eigenvalue weighted by Crippen LogP contribution is 2.37. The van der Waals surface area contributed by atoms with Crippen LogP contribution in [0.25, 0.3) is 5.57 Å². The molecule has 5 aliphatic rings. The molecule has 3 amide bonds. The van der Waals surface area contributed by atoms with Crippen LogP contribution in [-0.4, -0.2) is 76.2 Å². The first-order chi connectivity index (χ1) is 17.7. The summed E-state index contributed by atoms with van der Waals surface area (Å²) >= 11 is 0. The number of likely N-dealkylation sites (tertiary alicyclic amines) is 1. The van der Waals surface area contributed by atoms with Crippen LogP contribution in [0.1, 0.15) is 61.0 Å². The van der Waals surface area contributed by atoms with Crippen molar-refractivity contribution in [1.29, 1.82) is 0 Å². The van der Waals surface area contributed by atoms with E-state index in [1.807, 2.05) is 12.1 Å². The minimum absolute atomic E-state index is 0.0745. The molecule has 37 heavy (non-hydrogen) atoms. The lowest BCUT2D eigenvalue weighted by Gasteiger charge is -2.39. The summed E-state index contributed by atoms with van der Waals surface area (Å²) in [6, 6.07) is 5.45. The van der Waals surface area contributed by atoms with Crippen molar-refractivity contribution < 1.29 is 14.4 Å². The summed E-state index contributed by atoms with van der Waals surface area (Å²) in [5.41, 5.74) is 5.58. The first kappa shape index (κ1) is 24.0. The number of fused-ring (bicyclic) bond motifs is 2. The summed E-state index contributed by atoms with van der Waals surface area (Å²) in [5, 5.41) is 2.38. The van der Waals surface area contributed by atoms with E-state index in [1.54, 1.807) is 4.90 Å². The van der Waals surface area contributed by atoms with Crippen LogP contribution in [0.15, 0.2) is 48.4 Å². The third-order valence-corrected chi connectivity index (χ3v) is 8.55. The molecule has 0 aromatic heterocycles. The van der Waals surface area contributed by atoms with Gasteiger partial charge in [-0.25, -0.2) is 0 Å². The number of carbonyl (C=O) groups is 3. The summed E-state index contributed by atoms with van der Waals surface area (Å²) < 4.78 is 0. The molecule has 2 saturated heterocycles. The van der Waals surface area contributed by atoms with Gasteiger partial charge in [-0.15, -0.1) is 0 Å². The topological polar surface area (TPSA) is 76.2 Å². The molecule has 6 rings (SSSR count). The Balaban J connectivity index is 1.26. The van der Waals surface area contributed by atoms with Gasteiger partial charge in [0.15, 0.2) is 0 Å². The Kier molecular flexibility index (Phi) is 5.75. The average Bonchev–Trinajstić information content (AvgIpc) is 3.39. The van der Waals surface area contributed by atoms with Gasteiger partial charge in [-0.1, -0.05) is 19.9 Å². The quantitative estimate of drug-likeness (QED) is 0.640. The van der Waals surface area contributed by atoms with E-state index in [2.05, 4.69) is 71.7 Å². The number of amides is 3. The molecular weight excluding hydrogens is 466 g/mol. The van der Waals surface area contributed by atoms with Crippen LogP contribution >= 0.6 is 0 Å². The van der Waals surface area contributed by atoms with Gasteiger partial charge < -0.3 is 14.7 Å². The number of hydrogen-bond acceptors (Lipinski definition) is 6. The molecule has 2 atom stereocenters. The second-order valence-electron chi connectivity index (χ2n) is 11.8. The van der Waals surface area contributed by atoms with Crippen LogP contribution < -0.4 is 5.32 Å². The third-order valence-electron chi connectivity index (χ3n) is 8.55. The van der Waals surface area contributed by atoms with E-state index in [4.69, 9.17) is 0 Å². The number of nitrogens with zero attached hydrogens (tertiary/aromatic N) is 4. The Morgan fingerprint density at radius 3 is 2.62 bits per heavy atom. The Morgan fingerprint density at radius 1 is 1.08 bits per heavy atom. The zero-order valence-corrected chi connectivity index (χ0v) is 21.9. The van der Waals surface area contributed by atoms with E-state index in [0.29, 0.717) is 23.9 Å². The minimum atomic E-state index is -0.598. The summed E-state index contributed by atoms with van der Waals surface area (Å²) in [6.45, 7) is 8.26. The normalized spacial score (nSPS) is 27.2. The number of hydrogen-bond donors (Lipinski definition) is 1. The summed E-state index contributed by atoms with van der Waals surface area (Å²) in [7, 11) is 2.09. The Labute approximate surface area is 218 Å². The van der Waals surface area contributed by atoms with Crippen molar-refractivity contribution in [3.05, 3.63) is 65.1 Å². The van der Waals surface area contributed by atoms with E-state index >= 15 is 0 Å². The fraction of sp³-hybridized carbons (Fsp3) is 0.483. The summed E-state index contributed by atoms with van der Waals surface area (Å²) in [5.74, 6) is -0.783. The molecule has 1 N–H and O–H groups in total. The van der Waals surface area contributed by atoms with Gasteiger partial charge in [0, 0.05) is 56.3 Å². The largest absolute Gasteiger partial charge is 0.355 e. The molecule has 194 valence electrons. The molecule has 5 aliphatic heterocycles.